The van der Waals surface area contributed by atoms with Gasteiger partial charge < -0.3 is 19.7 Å². The summed E-state index contributed by atoms with van der Waals surface area (Å²) >= 11 is 0. The van der Waals surface area contributed by atoms with Crippen molar-refractivity contribution in [3.05, 3.63) is 23.8 Å². The summed E-state index contributed by atoms with van der Waals surface area (Å²) in [6.07, 6.45) is -0.811. The van der Waals surface area contributed by atoms with Gasteiger partial charge in [-0.2, -0.15) is 0 Å². The van der Waals surface area contributed by atoms with Gasteiger partial charge in [0.1, 0.15) is 11.8 Å². The molecular weight excluding hydrogens is 446 g/mol. The van der Waals surface area contributed by atoms with Gasteiger partial charge in [-0.1, -0.05) is 19.9 Å². The molecule has 8 heteroatoms. The predicted octanol–water partition coefficient (Wildman–Crippen LogP) is 3.25. The SMILES string of the molecule is CCOC(OCC)C(=O)[C@@]1(O)[C@H](C)C[C@H]2[C@@H]3C[C@H](F)C4=CC(=O)C=C[C@]4(C)[C@@]3(F)[C@@H](O)C[C@@]21C. The average Bonchev–Trinajstić information content (AvgIpc) is 2.98. The number of carbonyl (C=O) groups is 2. The van der Waals surface area contributed by atoms with E-state index in [1.54, 1.807) is 27.7 Å². The Kier molecular flexibility index (Phi) is 6.24. The van der Waals surface area contributed by atoms with E-state index in [1.165, 1.54) is 19.1 Å². The van der Waals surface area contributed by atoms with Gasteiger partial charge in [0.15, 0.2) is 11.5 Å². The lowest BCUT2D eigenvalue weighted by atomic mass is 9.44. The Balaban J connectivity index is 1.80. The minimum absolute atomic E-state index is 0.0477. The number of ketones is 2. The zero-order valence-electron chi connectivity index (χ0n) is 20.5. The van der Waals surface area contributed by atoms with Crippen LogP contribution in [0.4, 0.5) is 8.78 Å². The Morgan fingerprint density at radius 2 is 1.82 bits per heavy atom. The van der Waals surface area contributed by atoms with E-state index in [0.29, 0.717) is 0 Å². The predicted molar refractivity (Wildman–Crippen MR) is 120 cm³/mol. The van der Waals surface area contributed by atoms with E-state index in [-0.39, 0.29) is 38.0 Å². The van der Waals surface area contributed by atoms with Crippen molar-refractivity contribution in [2.45, 2.75) is 83.7 Å². The smallest absolute Gasteiger partial charge is 0.220 e. The Labute approximate surface area is 199 Å². The molecule has 0 aliphatic heterocycles. The zero-order valence-corrected chi connectivity index (χ0v) is 20.5. The summed E-state index contributed by atoms with van der Waals surface area (Å²) in [4.78, 5) is 25.6. The molecule has 0 amide bonds. The molecule has 3 fully saturated rings. The highest BCUT2D eigenvalue weighted by atomic mass is 19.1. The second kappa shape index (κ2) is 8.29. The number of halogens is 2. The van der Waals surface area contributed by atoms with Gasteiger partial charge in [-0.25, -0.2) is 8.78 Å². The standard InChI is InChI=1S/C26H36F2O6/c1-6-33-22(34-7-2)21(31)26(32)14(3)10-16-17-12-19(27)18-11-15(29)8-9-23(18,4)25(17,28)20(30)13-24(16,26)5/h8-9,11,14,16-17,19-20,22,30,32H,6-7,10,12-13H2,1-5H3/t14-,16+,17+,19+,20+,23+,24+,25+,26+/m1/s1. The number of ether oxygens (including phenoxy) is 2. The lowest BCUT2D eigenvalue weighted by Crippen LogP contribution is -2.71. The molecule has 0 aromatic heterocycles. The number of aliphatic hydroxyl groups is 2. The Hall–Kier alpha value is -1.48. The first-order valence-electron chi connectivity index (χ1n) is 12.3. The zero-order chi connectivity index (χ0) is 25.3. The lowest BCUT2D eigenvalue weighted by molar-refractivity contribution is -0.233. The summed E-state index contributed by atoms with van der Waals surface area (Å²) in [6, 6.07) is 0. The number of hydrogen-bond acceptors (Lipinski definition) is 6. The third-order valence-corrected chi connectivity index (χ3v) is 9.44. The molecule has 0 aromatic carbocycles. The van der Waals surface area contributed by atoms with Crippen molar-refractivity contribution < 1.29 is 38.1 Å². The molecule has 0 bridgehead atoms. The summed E-state index contributed by atoms with van der Waals surface area (Å²) in [5.74, 6) is -3.16. The average molecular weight is 483 g/mol. The molecule has 0 aromatic rings. The van der Waals surface area contributed by atoms with E-state index < -0.39 is 70.0 Å². The van der Waals surface area contributed by atoms with Crippen LogP contribution in [0, 0.1) is 28.6 Å². The van der Waals surface area contributed by atoms with Gasteiger partial charge in [-0.05, 0) is 69.6 Å². The van der Waals surface area contributed by atoms with Crippen LogP contribution in [0.3, 0.4) is 0 Å². The van der Waals surface area contributed by atoms with E-state index in [0.717, 1.165) is 6.08 Å². The summed E-state index contributed by atoms with van der Waals surface area (Å²) in [7, 11) is 0. The van der Waals surface area contributed by atoms with Crippen LogP contribution in [0.25, 0.3) is 0 Å². The molecule has 0 unspecified atom stereocenters. The van der Waals surface area contributed by atoms with Crippen LogP contribution in [0.5, 0.6) is 0 Å². The first-order valence-corrected chi connectivity index (χ1v) is 12.3. The maximum absolute atomic E-state index is 17.2. The Morgan fingerprint density at radius 3 is 2.41 bits per heavy atom. The van der Waals surface area contributed by atoms with Crippen molar-refractivity contribution in [3.8, 4) is 0 Å². The fraction of sp³-hybridized carbons (Fsp3) is 0.769. The van der Waals surface area contributed by atoms with Crippen molar-refractivity contribution in [3.63, 3.8) is 0 Å². The van der Waals surface area contributed by atoms with Gasteiger partial charge in [0.05, 0.1) is 6.10 Å². The number of Topliss-reactive ketones (excluding diaryl/α,β-unsaturated/α-hetero) is 1. The van der Waals surface area contributed by atoms with Crippen molar-refractivity contribution in [1.29, 1.82) is 0 Å². The quantitative estimate of drug-likeness (QED) is 0.565. The monoisotopic (exact) mass is 482 g/mol. The van der Waals surface area contributed by atoms with Crippen LogP contribution >= 0.6 is 0 Å². The van der Waals surface area contributed by atoms with Crippen molar-refractivity contribution >= 4 is 11.6 Å². The molecule has 190 valence electrons. The molecule has 34 heavy (non-hydrogen) atoms. The molecule has 9 atom stereocenters. The molecule has 6 nitrogen and oxygen atoms in total. The maximum Gasteiger partial charge on any atom is 0.220 e. The number of hydrogen-bond donors (Lipinski definition) is 2. The summed E-state index contributed by atoms with van der Waals surface area (Å²) in [6.45, 7) is 8.77. The van der Waals surface area contributed by atoms with Crippen LogP contribution < -0.4 is 0 Å². The van der Waals surface area contributed by atoms with Gasteiger partial charge in [0.2, 0.25) is 12.1 Å². The lowest BCUT2D eigenvalue weighted by Gasteiger charge is -2.63. The first kappa shape index (κ1) is 25.6. The number of fused-ring (bicyclic) bond motifs is 5. The van der Waals surface area contributed by atoms with Crippen LogP contribution in [-0.4, -0.2) is 64.8 Å². The highest BCUT2D eigenvalue weighted by Crippen LogP contribution is 2.71. The number of alkyl halides is 2. The minimum atomic E-state index is -2.25. The number of carbonyl (C=O) groups excluding carboxylic acids is 2. The van der Waals surface area contributed by atoms with Crippen LogP contribution in [0.1, 0.15) is 53.9 Å². The van der Waals surface area contributed by atoms with E-state index in [1.807, 2.05) is 0 Å². The number of allylic oxidation sites excluding steroid dienone is 4. The molecule has 2 N–H and O–H groups in total. The normalized spacial score (nSPS) is 47.8. The Bertz CT molecular complexity index is 928. The summed E-state index contributed by atoms with van der Waals surface area (Å²) in [5.41, 5.74) is -6.88. The molecule has 4 aliphatic rings. The largest absolute Gasteiger partial charge is 0.390 e. The molecule has 0 radical (unpaired) electrons. The van der Waals surface area contributed by atoms with Gasteiger partial charge in [0, 0.05) is 30.0 Å². The van der Waals surface area contributed by atoms with Crippen molar-refractivity contribution in [2.75, 3.05) is 13.2 Å². The van der Waals surface area contributed by atoms with Crippen LogP contribution in [0.2, 0.25) is 0 Å². The summed E-state index contributed by atoms with van der Waals surface area (Å²) in [5, 5.41) is 23.3. The van der Waals surface area contributed by atoms with Gasteiger partial charge in [0.25, 0.3) is 0 Å². The third-order valence-electron chi connectivity index (χ3n) is 9.44. The number of rotatable bonds is 6. The van der Waals surface area contributed by atoms with Crippen LogP contribution in [0.15, 0.2) is 23.8 Å². The molecule has 0 saturated heterocycles. The molecule has 0 spiro atoms. The second-order valence-electron chi connectivity index (χ2n) is 10.9. The molecule has 4 aliphatic carbocycles. The molecule has 3 saturated carbocycles. The highest BCUT2D eigenvalue weighted by Gasteiger charge is 2.77. The minimum Gasteiger partial charge on any atom is -0.390 e. The molecular formula is C26H36F2O6. The molecule has 4 rings (SSSR count). The summed E-state index contributed by atoms with van der Waals surface area (Å²) < 4.78 is 43.6. The maximum atomic E-state index is 17.2. The van der Waals surface area contributed by atoms with E-state index in [2.05, 4.69) is 0 Å². The Morgan fingerprint density at radius 1 is 1.21 bits per heavy atom. The fourth-order valence-electron chi connectivity index (χ4n) is 7.75. The van der Waals surface area contributed by atoms with Crippen LogP contribution in [-0.2, 0) is 19.1 Å². The third kappa shape index (κ3) is 3.04. The van der Waals surface area contributed by atoms with Crippen molar-refractivity contribution in [2.24, 2.45) is 28.6 Å². The van der Waals surface area contributed by atoms with E-state index >= 15 is 8.78 Å². The molecule has 0 heterocycles. The van der Waals surface area contributed by atoms with E-state index in [4.69, 9.17) is 9.47 Å². The number of aliphatic hydroxyl groups excluding tert-OH is 1. The van der Waals surface area contributed by atoms with E-state index in [9.17, 15) is 19.8 Å². The highest BCUT2D eigenvalue weighted by molar-refractivity contribution is 6.01. The van der Waals surface area contributed by atoms with Gasteiger partial charge >= 0.3 is 0 Å². The first-order chi connectivity index (χ1) is 15.8. The topological polar surface area (TPSA) is 93.1 Å². The fourth-order valence-corrected chi connectivity index (χ4v) is 7.75. The second-order valence-corrected chi connectivity index (χ2v) is 10.9. The van der Waals surface area contributed by atoms with Gasteiger partial charge in [-0.3, -0.25) is 9.59 Å². The van der Waals surface area contributed by atoms with Gasteiger partial charge in [-0.15, -0.1) is 0 Å². The van der Waals surface area contributed by atoms with Crippen molar-refractivity contribution in [1.82, 2.24) is 0 Å².